The Morgan fingerprint density at radius 1 is 1.38 bits per heavy atom. The van der Waals surface area contributed by atoms with E-state index in [0.29, 0.717) is 0 Å². The van der Waals surface area contributed by atoms with E-state index in [2.05, 4.69) is 25.9 Å². The van der Waals surface area contributed by atoms with Gasteiger partial charge in [-0.15, -0.1) is 0 Å². The second-order valence-corrected chi connectivity index (χ2v) is 3.75. The van der Waals surface area contributed by atoms with Crippen LogP contribution < -0.4 is 0 Å². The number of aromatic nitrogens is 2. The van der Waals surface area contributed by atoms with Crippen LogP contribution in [-0.4, -0.2) is 9.97 Å². The first-order valence-corrected chi connectivity index (χ1v) is 4.64. The minimum absolute atomic E-state index is 0.822. The molecule has 0 aliphatic heterocycles. The van der Waals surface area contributed by atoms with E-state index in [1.807, 2.05) is 12.1 Å². The van der Waals surface area contributed by atoms with Gasteiger partial charge in [0.1, 0.15) is 5.52 Å². The highest BCUT2D eigenvalue weighted by Crippen LogP contribution is 2.25. The summed E-state index contributed by atoms with van der Waals surface area (Å²) >= 11 is 3.36. The molecule has 0 radical (unpaired) electrons. The fraction of sp³-hybridized carbons (Fsp3) is 0. The van der Waals surface area contributed by atoms with Crippen LogP contribution in [0.1, 0.15) is 0 Å². The van der Waals surface area contributed by atoms with E-state index in [1.54, 1.807) is 12.5 Å². The number of aromatic amines is 1. The Balaban J connectivity index is 2.59. The summed E-state index contributed by atoms with van der Waals surface area (Å²) in [6.07, 6.45) is 3.42. The molecule has 0 amide bonds. The van der Waals surface area contributed by atoms with Crippen molar-refractivity contribution in [2.75, 3.05) is 0 Å². The number of furan rings is 1. The van der Waals surface area contributed by atoms with Crippen molar-refractivity contribution >= 4 is 38.1 Å². The molecule has 0 spiro atoms. The second kappa shape index (κ2) is 2.35. The quantitative estimate of drug-likeness (QED) is 0.652. The summed E-state index contributed by atoms with van der Waals surface area (Å²) in [6, 6.07) is 3.88. The molecule has 0 bridgehead atoms. The Kier molecular flexibility index (Phi) is 1.29. The van der Waals surface area contributed by atoms with Crippen LogP contribution in [0.25, 0.3) is 22.1 Å². The zero-order valence-corrected chi connectivity index (χ0v) is 8.13. The summed E-state index contributed by atoms with van der Waals surface area (Å²) in [4.78, 5) is 7.48. The highest BCUT2D eigenvalue weighted by Gasteiger charge is 2.07. The van der Waals surface area contributed by atoms with Crippen molar-refractivity contribution in [2.45, 2.75) is 0 Å². The molecule has 1 N–H and O–H groups in total. The maximum Gasteiger partial charge on any atom is 0.177 e. The largest absolute Gasteiger partial charge is 0.460 e. The minimum Gasteiger partial charge on any atom is -0.460 e. The van der Waals surface area contributed by atoms with E-state index in [9.17, 15) is 0 Å². The molecule has 0 fully saturated rings. The smallest absolute Gasteiger partial charge is 0.177 e. The molecule has 3 rings (SSSR count). The lowest BCUT2D eigenvalue weighted by Crippen LogP contribution is -1.73. The highest BCUT2D eigenvalue weighted by atomic mass is 79.9. The van der Waals surface area contributed by atoms with Crippen LogP contribution in [0.3, 0.4) is 0 Å². The van der Waals surface area contributed by atoms with Crippen LogP contribution in [0.15, 0.2) is 33.5 Å². The summed E-state index contributed by atoms with van der Waals surface area (Å²) in [7, 11) is 0. The molecular formula is C9H5BrN2O. The Labute approximate surface area is 81.9 Å². The lowest BCUT2D eigenvalue weighted by Gasteiger charge is -1.89. The maximum atomic E-state index is 5.30. The summed E-state index contributed by atoms with van der Waals surface area (Å²) in [5, 5.41) is 0. The number of rotatable bonds is 0. The van der Waals surface area contributed by atoms with Crippen LogP contribution >= 0.6 is 15.9 Å². The molecule has 3 aromatic heterocycles. The van der Waals surface area contributed by atoms with Crippen molar-refractivity contribution in [3.8, 4) is 0 Å². The van der Waals surface area contributed by atoms with Gasteiger partial charge >= 0.3 is 0 Å². The summed E-state index contributed by atoms with van der Waals surface area (Å²) < 4.78 is 6.26. The number of nitrogens with zero attached hydrogens (tertiary/aromatic N) is 1. The SMILES string of the molecule is Brc1cnc2c(c1)[nH]c1ccoc12. The molecule has 3 heterocycles. The molecule has 0 saturated heterocycles. The molecule has 13 heavy (non-hydrogen) atoms. The van der Waals surface area contributed by atoms with E-state index in [-0.39, 0.29) is 0 Å². The predicted molar refractivity (Wildman–Crippen MR) is 53.6 cm³/mol. The molecule has 0 unspecified atom stereocenters. The van der Waals surface area contributed by atoms with Gasteiger partial charge in [0.25, 0.3) is 0 Å². The van der Waals surface area contributed by atoms with Crippen LogP contribution in [0, 0.1) is 0 Å². The zero-order chi connectivity index (χ0) is 8.84. The van der Waals surface area contributed by atoms with E-state index >= 15 is 0 Å². The predicted octanol–water partition coefficient (Wildman–Crippen LogP) is 3.07. The zero-order valence-electron chi connectivity index (χ0n) is 6.54. The van der Waals surface area contributed by atoms with E-state index in [0.717, 1.165) is 26.6 Å². The first-order chi connectivity index (χ1) is 6.34. The van der Waals surface area contributed by atoms with Crippen molar-refractivity contribution in [3.63, 3.8) is 0 Å². The number of pyridine rings is 1. The Morgan fingerprint density at radius 2 is 2.31 bits per heavy atom. The third kappa shape index (κ3) is 0.920. The van der Waals surface area contributed by atoms with Crippen LogP contribution in [0.5, 0.6) is 0 Å². The number of nitrogens with one attached hydrogen (secondary N) is 1. The summed E-state index contributed by atoms with van der Waals surface area (Å²) in [5.74, 6) is 0. The second-order valence-electron chi connectivity index (χ2n) is 2.84. The lowest BCUT2D eigenvalue weighted by molar-refractivity contribution is 0.618. The van der Waals surface area contributed by atoms with E-state index in [4.69, 9.17) is 4.42 Å². The average Bonchev–Trinajstić information content (AvgIpc) is 2.62. The van der Waals surface area contributed by atoms with Crippen molar-refractivity contribution < 1.29 is 4.42 Å². The first kappa shape index (κ1) is 7.15. The topological polar surface area (TPSA) is 41.8 Å². The average molecular weight is 237 g/mol. The van der Waals surface area contributed by atoms with Crippen molar-refractivity contribution in [2.24, 2.45) is 0 Å². The Bertz CT molecular complexity index is 581. The van der Waals surface area contributed by atoms with Crippen molar-refractivity contribution in [1.82, 2.24) is 9.97 Å². The first-order valence-electron chi connectivity index (χ1n) is 3.85. The molecule has 3 aromatic rings. The van der Waals surface area contributed by atoms with Gasteiger partial charge in [0.2, 0.25) is 0 Å². The molecule has 0 aliphatic rings. The lowest BCUT2D eigenvalue weighted by atomic mass is 10.4. The molecule has 0 saturated carbocycles. The highest BCUT2D eigenvalue weighted by molar-refractivity contribution is 9.10. The number of H-pyrrole nitrogens is 1. The fourth-order valence-electron chi connectivity index (χ4n) is 1.45. The third-order valence-electron chi connectivity index (χ3n) is 2.00. The third-order valence-corrected chi connectivity index (χ3v) is 2.44. The van der Waals surface area contributed by atoms with Gasteiger partial charge in [0.15, 0.2) is 5.58 Å². The Morgan fingerprint density at radius 3 is 3.23 bits per heavy atom. The van der Waals surface area contributed by atoms with Gasteiger partial charge < -0.3 is 9.40 Å². The van der Waals surface area contributed by atoms with Crippen molar-refractivity contribution in [3.05, 3.63) is 29.1 Å². The maximum absolute atomic E-state index is 5.30. The van der Waals surface area contributed by atoms with Gasteiger partial charge in [-0.25, -0.2) is 4.98 Å². The molecule has 0 aromatic carbocycles. The fourth-order valence-corrected chi connectivity index (χ4v) is 1.78. The monoisotopic (exact) mass is 236 g/mol. The van der Waals surface area contributed by atoms with Gasteiger partial charge in [0, 0.05) is 16.7 Å². The van der Waals surface area contributed by atoms with Gasteiger partial charge in [-0.1, -0.05) is 0 Å². The van der Waals surface area contributed by atoms with Crippen LogP contribution in [0.4, 0.5) is 0 Å². The molecule has 0 atom stereocenters. The summed E-state index contributed by atoms with van der Waals surface area (Å²) in [5.41, 5.74) is 3.68. The molecule has 4 heteroatoms. The molecule has 64 valence electrons. The van der Waals surface area contributed by atoms with Gasteiger partial charge in [0.05, 0.1) is 17.3 Å². The number of hydrogen-bond acceptors (Lipinski definition) is 2. The van der Waals surface area contributed by atoms with Gasteiger partial charge in [-0.3, -0.25) is 0 Å². The number of hydrogen-bond donors (Lipinski definition) is 1. The minimum atomic E-state index is 0.822. The van der Waals surface area contributed by atoms with E-state index < -0.39 is 0 Å². The summed E-state index contributed by atoms with van der Waals surface area (Å²) in [6.45, 7) is 0. The standard InChI is InChI=1S/C9H5BrN2O/c10-5-3-7-8(11-4-5)9-6(12-7)1-2-13-9/h1-4,12H. The number of halogens is 1. The van der Waals surface area contributed by atoms with Crippen LogP contribution in [-0.2, 0) is 0 Å². The van der Waals surface area contributed by atoms with E-state index in [1.165, 1.54) is 0 Å². The molecular weight excluding hydrogens is 232 g/mol. The normalized spacial score (nSPS) is 11.5. The Hall–Kier alpha value is -1.29. The number of fused-ring (bicyclic) bond motifs is 3. The molecule has 0 aliphatic carbocycles. The van der Waals surface area contributed by atoms with Gasteiger partial charge in [-0.2, -0.15) is 0 Å². The van der Waals surface area contributed by atoms with Crippen molar-refractivity contribution in [1.29, 1.82) is 0 Å². The molecule has 3 nitrogen and oxygen atoms in total. The van der Waals surface area contributed by atoms with Crippen LogP contribution in [0.2, 0.25) is 0 Å². The van der Waals surface area contributed by atoms with Gasteiger partial charge in [-0.05, 0) is 22.0 Å².